The van der Waals surface area contributed by atoms with Crippen LogP contribution in [0.2, 0.25) is 0 Å². The zero-order valence-corrected chi connectivity index (χ0v) is 15.3. The van der Waals surface area contributed by atoms with Crippen LogP contribution in [0.1, 0.15) is 22.5 Å². The third-order valence-corrected chi connectivity index (χ3v) is 3.70. The number of methoxy groups -OCH3 is 1. The standard InChI is InChI=1S/C19H26N4O2/c1-14-6-9-18(25-4)17(12-14)22-15-7-8-16(21-13-15)19(24)20-10-5-11-23(2)3/h6-9,12-13,22H,5,10-11H2,1-4H3,(H,20,24). The molecule has 0 saturated heterocycles. The molecule has 1 aromatic carbocycles. The molecule has 6 heteroatoms. The van der Waals surface area contributed by atoms with E-state index in [4.69, 9.17) is 4.74 Å². The molecule has 2 rings (SSSR count). The number of hydrogen-bond acceptors (Lipinski definition) is 5. The number of benzene rings is 1. The number of ether oxygens (including phenoxy) is 1. The molecule has 0 saturated carbocycles. The number of aryl methyl sites for hydroxylation is 1. The summed E-state index contributed by atoms with van der Waals surface area (Å²) >= 11 is 0. The maximum Gasteiger partial charge on any atom is 0.269 e. The van der Waals surface area contributed by atoms with Crippen LogP contribution >= 0.6 is 0 Å². The third kappa shape index (κ3) is 5.76. The van der Waals surface area contributed by atoms with Crippen molar-refractivity contribution in [3.05, 3.63) is 47.8 Å². The molecule has 0 spiro atoms. The largest absolute Gasteiger partial charge is 0.495 e. The van der Waals surface area contributed by atoms with Crippen molar-refractivity contribution < 1.29 is 9.53 Å². The van der Waals surface area contributed by atoms with Gasteiger partial charge in [0.05, 0.1) is 24.7 Å². The first-order valence-electron chi connectivity index (χ1n) is 8.30. The Hall–Kier alpha value is -2.60. The number of rotatable bonds is 8. The van der Waals surface area contributed by atoms with Gasteiger partial charge in [-0.1, -0.05) is 6.07 Å². The lowest BCUT2D eigenvalue weighted by molar-refractivity contribution is 0.0947. The van der Waals surface area contributed by atoms with Crippen molar-refractivity contribution in [2.75, 3.05) is 39.6 Å². The van der Waals surface area contributed by atoms with Crippen molar-refractivity contribution >= 4 is 17.3 Å². The molecule has 0 radical (unpaired) electrons. The first kappa shape index (κ1) is 18.7. The highest BCUT2D eigenvalue weighted by Gasteiger charge is 2.08. The lowest BCUT2D eigenvalue weighted by Crippen LogP contribution is -2.27. The second-order valence-corrected chi connectivity index (χ2v) is 6.17. The van der Waals surface area contributed by atoms with Gasteiger partial charge in [0.2, 0.25) is 0 Å². The highest BCUT2D eigenvalue weighted by atomic mass is 16.5. The number of aromatic nitrogens is 1. The van der Waals surface area contributed by atoms with E-state index >= 15 is 0 Å². The summed E-state index contributed by atoms with van der Waals surface area (Å²) < 4.78 is 5.36. The monoisotopic (exact) mass is 342 g/mol. The third-order valence-electron chi connectivity index (χ3n) is 3.70. The molecule has 1 heterocycles. The van der Waals surface area contributed by atoms with E-state index in [2.05, 4.69) is 20.5 Å². The molecule has 2 aromatic rings. The van der Waals surface area contributed by atoms with Crippen LogP contribution < -0.4 is 15.4 Å². The Balaban J connectivity index is 1.96. The van der Waals surface area contributed by atoms with Crippen LogP contribution in [0.25, 0.3) is 0 Å². The van der Waals surface area contributed by atoms with Crippen LogP contribution in [0, 0.1) is 6.92 Å². The van der Waals surface area contributed by atoms with Crippen molar-refractivity contribution in [2.45, 2.75) is 13.3 Å². The Kier molecular flexibility index (Phi) is 6.77. The SMILES string of the molecule is COc1ccc(C)cc1Nc1ccc(C(=O)NCCCN(C)C)nc1. The maximum atomic E-state index is 12.1. The number of anilines is 2. The number of pyridine rings is 1. The number of carbonyl (C=O) groups is 1. The molecule has 0 fully saturated rings. The lowest BCUT2D eigenvalue weighted by atomic mass is 10.2. The number of carbonyl (C=O) groups excluding carboxylic acids is 1. The molecule has 0 unspecified atom stereocenters. The van der Waals surface area contributed by atoms with E-state index in [-0.39, 0.29) is 5.91 Å². The highest BCUT2D eigenvalue weighted by Crippen LogP contribution is 2.28. The van der Waals surface area contributed by atoms with Crippen LogP contribution in [0.3, 0.4) is 0 Å². The van der Waals surface area contributed by atoms with Crippen LogP contribution in [0.5, 0.6) is 5.75 Å². The fourth-order valence-electron chi connectivity index (χ4n) is 2.36. The van der Waals surface area contributed by atoms with E-state index in [1.807, 2.05) is 45.3 Å². The molecule has 1 amide bonds. The van der Waals surface area contributed by atoms with E-state index in [1.165, 1.54) is 0 Å². The topological polar surface area (TPSA) is 66.5 Å². The summed E-state index contributed by atoms with van der Waals surface area (Å²) in [6, 6.07) is 9.46. The normalized spacial score (nSPS) is 10.6. The molecule has 0 aliphatic heterocycles. The van der Waals surface area contributed by atoms with E-state index in [0.29, 0.717) is 12.2 Å². The first-order chi connectivity index (χ1) is 12.0. The fraction of sp³-hybridized carbons (Fsp3) is 0.368. The molecule has 0 bridgehead atoms. The second kappa shape index (κ2) is 9.03. The molecule has 0 atom stereocenters. The molecule has 0 aliphatic carbocycles. The molecule has 0 aliphatic rings. The van der Waals surface area contributed by atoms with Crippen molar-refractivity contribution in [1.82, 2.24) is 15.2 Å². The van der Waals surface area contributed by atoms with Gasteiger partial charge in [0.15, 0.2) is 0 Å². The minimum atomic E-state index is -0.154. The average molecular weight is 342 g/mol. The van der Waals surface area contributed by atoms with Gasteiger partial charge in [0.1, 0.15) is 11.4 Å². The molecule has 134 valence electrons. The van der Waals surface area contributed by atoms with Gasteiger partial charge in [-0.15, -0.1) is 0 Å². The Morgan fingerprint density at radius 3 is 2.68 bits per heavy atom. The summed E-state index contributed by atoms with van der Waals surface area (Å²) in [5.74, 6) is 0.603. The highest BCUT2D eigenvalue weighted by molar-refractivity contribution is 5.92. The van der Waals surface area contributed by atoms with Crippen LogP contribution in [-0.4, -0.2) is 50.1 Å². The van der Waals surface area contributed by atoms with Crippen LogP contribution in [-0.2, 0) is 0 Å². The maximum absolute atomic E-state index is 12.1. The molecule has 1 aromatic heterocycles. The summed E-state index contributed by atoms with van der Waals surface area (Å²) in [4.78, 5) is 18.4. The van der Waals surface area contributed by atoms with Gasteiger partial charge < -0.3 is 20.3 Å². The predicted molar refractivity (Wildman–Crippen MR) is 101 cm³/mol. The van der Waals surface area contributed by atoms with E-state index in [0.717, 1.165) is 35.7 Å². The van der Waals surface area contributed by atoms with Gasteiger partial charge in [-0.05, 0) is 63.8 Å². The minimum absolute atomic E-state index is 0.154. The van der Waals surface area contributed by atoms with Gasteiger partial charge in [0, 0.05) is 6.54 Å². The Labute approximate surface area is 149 Å². The van der Waals surface area contributed by atoms with Gasteiger partial charge >= 0.3 is 0 Å². The summed E-state index contributed by atoms with van der Waals surface area (Å²) in [7, 11) is 5.66. The molecule has 6 nitrogen and oxygen atoms in total. The quantitative estimate of drug-likeness (QED) is 0.722. The molecule has 2 N–H and O–H groups in total. The summed E-state index contributed by atoms with van der Waals surface area (Å²) in [6.07, 6.45) is 2.56. The van der Waals surface area contributed by atoms with Crippen LogP contribution in [0.15, 0.2) is 36.5 Å². The summed E-state index contributed by atoms with van der Waals surface area (Å²) in [6.45, 7) is 3.60. The van der Waals surface area contributed by atoms with Gasteiger partial charge in [-0.3, -0.25) is 4.79 Å². The second-order valence-electron chi connectivity index (χ2n) is 6.17. The Bertz CT molecular complexity index is 699. The fourth-order valence-corrected chi connectivity index (χ4v) is 2.36. The number of nitrogens with one attached hydrogen (secondary N) is 2. The summed E-state index contributed by atoms with van der Waals surface area (Å²) in [5, 5.41) is 6.15. The zero-order valence-electron chi connectivity index (χ0n) is 15.3. The Morgan fingerprint density at radius 1 is 1.24 bits per heavy atom. The molecule has 25 heavy (non-hydrogen) atoms. The lowest BCUT2D eigenvalue weighted by Gasteiger charge is -2.12. The van der Waals surface area contributed by atoms with Crippen molar-refractivity contribution in [3.8, 4) is 5.75 Å². The van der Waals surface area contributed by atoms with Gasteiger partial charge in [0.25, 0.3) is 5.91 Å². The smallest absolute Gasteiger partial charge is 0.269 e. The minimum Gasteiger partial charge on any atom is -0.495 e. The molecular formula is C19H26N4O2. The van der Waals surface area contributed by atoms with Crippen LogP contribution in [0.4, 0.5) is 11.4 Å². The van der Waals surface area contributed by atoms with Gasteiger partial charge in [-0.25, -0.2) is 4.98 Å². The van der Waals surface area contributed by atoms with E-state index in [1.54, 1.807) is 19.4 Å². The molecular weight excluding hydrogens is 316 g/mol. The van der Waals surface area contributed by atoms with E-state index < -0.39 is 0 Å². The van der Waals surface area contributed by atoms with Crippen molar-refractivity contribution in [1.29, 1.82) is 0 Å². The summed E-state index contributed by atoms with van der Waals surface area (Å²) in [5.41, 5.74) is 3.20. The zero-order chi connectivity index (χ0) is 18.2. The average Bonchev–Trinajstić information content (AvgIpc) is 2.59. The van der Waals surface area contributed by atoms with Crippen molar-refractivity contribution in [2.24, 2.45) is 0 Å². The van der Waals surface area contributed by atoms with Gasteiger partial charge in [-0.2, -0.15) is 0 Å². The Morgan fingerprint density at radius 2 is 2.04 bits per heavy atom. The number of amides is 1. The van der Waals surface area contributed by atoms with Crippen molar-refractivity contribution in [3.63, 3.8) is 0 Å². The first-order valence-corrected chi connectivity index (χ1v) is 8.30. The number of nitrogens with zero attached hydrogens (tertiary/aromatic N) is 2. The van der Waals surface area contributed by atoms with E-state index in [9.17, 15) is 4.79 Å². The predicted octanol–water partition coefficient (Wildman–Crippen LogP) is 2.82. The number of hydrogen-bond donors (Lipinski definition) is 2.